The molecule has 0 fully saturated rings. The van der Waals surface area contributed by atoms with E-state index in [-0.39, 0.29) is 5.41 Å². The quantitative estimate of drug-likeness (QED) is 0.539. The van der Waals surface area contributed by atoms with Crippen LogP contribution in [-0.2, 0) is 23.3 Å². The molecular weight excluding hydrogens is 408 g/mol. The summed E-state index contributed by atoms with van der Waals surface area (Å²) in [6, 6.07) is 0. The van der Waals surface area contributed by atoms with Gasteiger partial charge in [-0.05, 0) is 0 Å². The van der Waals surface area contributed by atoms with Gasteiger partial charge in [0.05, 0.1) is 0 Å². The van der Waals surface area contributed by atoms with Crippen molar-refractivity contribution in [3.05, 3.63) is 20.9 Å². The SMILES string of the molecule is C/[C](=C\C(C)(C)C/C=C/[Si](C)(C)C)[Hg][Cl]. The third-order valence-corrected chi connectivity index (χ3v) is 9.48. The van der Waals surface area contributed by atoms with E-state index in [4.69, 9.17) is 8.25 Å². The molecule has 0 aromatic rings. The van der Waals surface area contributed by atoms with Crippen LogP contribution < -0.4 is 0 Å². The zero-order valence-corrected chi connectivity index (χ0v) is 18.3. The van der Waals surface area contributed by atoms with Crippen molar-refractivity contribution in [3.8, 4) is 0 Å². The van der Waals surface area contributed by atoms with Crippen molar-refractivity contribution in [2.24, 2.45) is 5.41 Å². The Hall–Kier alpha value is 0.922. The number of rotatable bonds is 5. The summed E-state index contributed by atoms with van der Waals surface area (Å²) in [5.74, 6) is 0. The molecule has 0 spiro atoms. The van der Waals surface area contributed by atoms with Crippen LogP contribution in [0.1, 0.15) is 27.2 Å². The molecule has 0 saturated heterocycles. The normalized spacial score (nSPS) is 14.5. The van der Waals surface area contributed by atoms with Gasteiger partial charge in [-0.25, -0.2) is 0 Å². The second kappa shape index (κ2) is 6.61. The van der Waals surface area contributed by atoms with Crippen molar-refractivity contribution < 1.29 is 23.3 Å². The maximum atomic E-state index is 6.01. The first-order chi connectivity index (χ1) is 6.66. The second-order valence-electron chi connectivity index (χ2n) is 6.09. The standard InChI is InChI=1S/C12H23Si.ClH.Hg/c1-7-9-12(2,3)10-8-11-13(4,5)6;;/h8-9,11H,10H2,1-6H3;1H;/q;;+1/p-1/b9-7?,11-8+;;. The van der Waals surface area contributed by atoms with E-state index >= 15 is 0 Å². The molecule has 3 heteroatoms. The third kappa shape index (κ3) is 9.83. The molecule has 0 N–H and O–H groups in total. The summed E-state index contributed by atoms with van der Waals surface area (Å²) < 4.78 is 1.49. The first kappa shape index (κ1) is 15.9. The van der Waals surface area contributed by atoms with Crippen LogP contribution in [0, 0.1) is 5.41 Å². The summed E-state index contributed by atoms with van der Waals surface area (Å²) in [4.78, 5) is 0. The molecule has 0 bridgehead atoms. The van der Waals surface area contributed by atoms with E-state index in [9.17, 15) is 0 Å². The molecular formula is C12H23ClHgSi. The van der Waals surface area contributed by atoms with E-state index in [1.165, 1.54) is 3.08 Å². The van der Waals surface area contributed by atoms with Crippen LogP contribution in [0.5, 0.6) is 0 Å². The molecule has 0 saturated carbocycles. The third-order valence-electron chi connectivity index (χ3n) is 2.11. The van der Waals surface area contributed by atoms with Crippen LogP contribution in [0.25, 0.3) is 0 Å². The fourth-order valence-corrected chi connectivity index (χ4v) is 5.43. The summed E-state index contributed by atoms with van der Waals surface area (Å²) in [7, 11) is 4.99. The first-order valence-electron chi connectivity index (χ1n) is 5.58. The van der Waals surface area contributed by atoms with Gasteiger partial charge in [0.1, 0.15) is 0 Å². The number of allylic oxidation sites excluding steroid dienone is 3. The molecule has 0 aromatic heterocycles. The number of halogens is 1. The van der Waals surface area contributed by atoms with E-state index in [0.29, 0.717) is 0 Å². The van der Waals surface area contributed by atoms with Crippen molar-refractivity contribution >= 4 is 16.3 Å². The van der Waals surface area contributed by atoms with Crippen LogP contribution in [0.3, 0.4) is 0 Å². The van der Waals surface area contributed by atoms with Crippen LogP contribution in [-0.4, -0.2) is 8.07 Å². The molecule has 0 atom stereocenters. The van der Waals surface area contributed by atoms with E-state index in [2.05, 4.69) is 58.3 Å². The predicted octanol–water partition coefficient (Wildman–Crippen LogP) is 4.98. The molecule has 0 radical (unpaired) electrons. The van der Waals surface area contributed by atoms with Crippen LogP contribution >= 0.6 is 8.25 Å². The van der Waals surface area contributed by atoms with Crippen molar-refractivity contribution in [1.82, 2.24) is 0 Å². The molecule has 0 unspecified atom stereocenters. The fraction of sp³-hybridized carbons (Fsp3) is 0.667. The zero-order valence-electron chi connectivity index (χ0n) is 11.0. The van der Waals surface area contributed by atoms with Crippen molar-refractivity contribution in [2.45, 2.75) is 46.8 Å². The Morgan fingerprint density at radius 3 is 2.27 bits per heavy atom. The van der Waals surface area contributed by atoms with Crippen molar-refractivity contribution in [1.29, 1.82) is 0 Å². The van der Waals surface area contributed by atoms with Gasteiger partial charge in [-0.1, -0.05) is 0 Å². The Balaban J connectivity index is 4.34. The van der Waals surface area contributed by atoms with E-state index in [1.54, 1.807) is 0 Å². The Morgan fingerprint density at radius 1 is 1.33 bits per heavy atom. The monoisotopic (exact) mass is 432 g/mol. The summed E-state index contributed by atoms with van der Waals surface area (Å²) in [6.07, 6.45) is 5.89. The van der Waals surface area contributed by atoms with Gasteiger partial charge in [0.2, 0.25) is 0 Å². The summed E-state index contributed by atoms with van der Waals surface area (Å²) in [5.41, 5.74) is 2.72. The molecule has 0 heterocycles. The molecule has 0 nitrogen and oxygen atoms in total. The second-order valence-corrected chi connectivity index (χ2v) is 18.9. The van der Waals surface area contributed by atoms with E-state index < -0.39 is 31.4 Å². The Morgan fingerprint density at radius 2 is 1.87 bits per heavy atom. The number of hydrogen-bond acceptors (Lipinski definition) is 0. The molecule has 84 valence electrons. The van der Waals surface area contributed by atoms with Crippen LogP contribution in [0.4, 0.5) is 0 Å². The van der Waals surface area contributed by atoms with Gasteiger partial charge in [-0.15, -0.1) is 0 Å². The van der Waals surface area contributed by atoms with Gasteiger partial charge < -0.3 is 0 Å². The Kier molecular flexibility index (Phi) is 7.01. The van der Waals surface area contributed by atoms with Crippen molar-refractivity contribution in [3.63, 3.8) is 0 Å². The Labute approximate surface area is 112 Å². The maximum absolute atomic E-state index is 6.01. The molecule has 0 rings (SSSR count). The van der Waals surface area contributed by atoms with Crippen LogP contribution in [0.2, 0.25) is 19.6 Å². The average molecular weight is 431 g/mol. The summed E-state index contributed by atoms with van der Waals surface area (Å²) >= 11 is -1.14. The van der Waals surface area contributed by atoms with Gasteiger partial charge in [0.25, 0.3) is 0 Å². The first-order valence-corrected chi connectivity index (χ1v) is 18.7. The minimum absolute atomic E-state index is 0.287. The van der Waals surface area contributed by atoms with E-state index in [1.807, 2.05) is 0 Å². The fourth-order valence-electron chi connectivity index (χ4n) is 1.48. The summed E-state index contributed by atoms with van der Waals surface area (Å²) in [5, 5.41) is 0. The van der Waals surface area contributed by atoms with Gasteiger partial charge in [0.15, 0.2) is 0 Å². The molecule has 0 aromatic carbocycles. The van der Waals surface area contributed by atoms with Gasteiger partial charge in [-0.2, -0.15) is 0 Å². The summed E-state index contributed by atoms with van der Waals surface area (Å²) in [6.45, 7) is 13.9. The van der Waals surface area contributed by atoms with Gasteiger partial charge >= 0.3 is 113 Å². The average Bonchev–Trinajstić information content (AvgIpc) is 2.00. The molecule has 0 aliphatic heterocycles. The van der Waals surface area contributed by atoms with E-state index in [0.717, 1.165) is 6.42 Å². The molecule has 0 aliphatic rings. The predicted molar refractivity (Wildman–Crippen MR) is 70.5 cm³/mol. The molecule has 0 amide bonds. The van der Waals surface area contributed by atoms with Crippen molar-refractivity contribution in [2.75, 3.05) is 0 Å². The zero-order chi connectivity index (χ0) is 12.1. The topological polar surface area (TPSA) is 0 Å². The molecule has 0 aliphatic carbocycles. The minimum atomic E-state index is -1.14. The van der Waals surface area contributed by atoms with Gasteiger partial charge in [-0.3, -0.25) is 0 Å². The Bertz CT molecular complexity index is 249. The van der Waals surface area contributed by atoms with Gasteiger partial charge in [0, 0.05) is 0 Å². The molecule has 15 heavy (non-hydrogen) atoms. The van der Waals surface area contributed by atoms with Crippen LogP contribution in [0.15, 0.2) is 20.9 Å². The number of hydrogen-bond donors (Lipinski definition) is 0.